The van der Waals surface area contributed by atoms with Gasteiger partial charge < -0.3 is 15.6 Å². The number of aromatic nitrogens is 2. The van der Waals surface area contributed by atoms with E-state index in [1.807, 2.05) is 47.3 Å². The summed E-state index contributed by atoms with van der Waals surface area (Å²) in [5, 5.41) is 15.0. The molecule has 0 fully saturated rings. The second-order valence-corrected chi connectivity index (χ2v) is 5.69. The number of rotatable bonds is 5. The van der Waals surface area contributed by atoms with E-state index in [1.54, 1.807) is 5.38 Å². The number of primary amides is 1. The average molecular weight is 323 g/mol. The summed E-state index contributed by atoms with van der Waals surface area (Å²) in [6, 6.07) is 11.7. The molecule has 0 bridgehead atoms. The van der Waals surface area contributed by atoms with E-state index in [-0.39, 0.29) is 5.69 Å². The highest BCUT2D eigenvalue weighted by molar-refractivity contribution is 7.09. The molecule has 23 heavy (non-hydrogen) atoms. The zero-order chi connectivity index (χ0) is 16.2. The van der Waals surface area contributed by atoms with Gasteiger partial charge in [0, 0.05) is 17.8 Å². The zero-order valence-electron chi connectivity index (χ0n) is 12.1. The van der Waals surface area contributed by atoms with Gasteiger partial charge in [-0.15, -0.1) is 11.3 Å². The third-order valence-corrected chi connectivity index (χ3v) is 4.12. The predicted octanol–water partition coefficient (Wildman–Crippen LogP) is 2.52. The molecule has 1 aromatic carbocycles. The Morgan fingerprint density at radius 3 is 2.78 bits per heavy atom. The molecule has 0 radical (unpaired) electrons. The Morgan fingerprint density at radius 1 is 1.35 bits per heavy atom. The summed E-state index contributed by atoms with van der Waals surface area (Å²) in [4.78, 5) is 15.2. The largest absolute Gasteiger partial charge is 0.377 e. The molecule has 0 unspecified atom stereocenters. The first kappa shape index (κ1) is 14.8. The van der Waals surface area contributed by atoms with Crippen molar-refractivity contribution in [2.45, 2.75) is 6.54 Å². The predicted molar refractivity (Wildman–Crippen MR) is 88.4 cm³/mol. The summed E-state index contributed by atoms with van der Waals surface area (Å²) in [5.41, 5.74) is 7.52. The Kier molecular flexibility index (Phi) is 4.08. The fraction of sp³-hybridized carbons (Fsp3) is 0.0625. The van der Waals surface area contributed by atoms with Crippen molar-refractivity contribution in [3.8, 4) is 11.8 Å². The number of nitrogens with one attached hydrogen (secondary N) is 1. The van der Waals surface area contributed by atoms with Gasteiger partial charge in [-0.1, -0.05) is 6.07 Å². The van der Waals surface area contributed by atoms with Crippen LogP contribution in [0.15, 0.2) is 48.1 Å². The van der Waals surface area contributed by atoms with E-state index in [0.29, 0.717) is 12.1 Å². The van der Waals surface area contributed by atoms with Crippen molar-refractivity contribution in [3.63, 3.8) is 0 Å². The minimum atomic E-state index is -0.542. The van der Waals surface area contributed by atoms with Crippen molar-refractivity contribution in [3.05, 3.63) is 64.4 Å². The van der Waals surface area contributed by atoms with Crippen LogP contribution in [-0.2, 0) is 6.54 Å². The first-order chi connectivity index (χ1) is 11.2. The SMILES string of the molecule is N#Cc1c(NCc2nc(C(N)=O)cs2)cccc1-n1cccc1. The quantitative estimate of drug-likeness (QED) is 0.754. The maximum Gasteiger partial charge on any atom is 0.268 e. The molecular formula is C16H13N5OS. The number of nitriles is 1. The average Bonchev–Trinajstić information content (AvgIpc) is 3.24. The normalized spacial score (nSPS) is 10.2. The standard InChI is InChI=1S/C16H13N5OS/c17-8-11-12(4-3-5-14(11)21-6-1-2-7-21)19-9-15-20-13(10-23-15)16(18)22/h1-7,10,19H,9H2,(H2,18,22). The number of anilines is 1. The topological polar surface area (TPSA) is 96.7 Å². The number of carbonyl (C=O) groups is 1. The fourth-order valence-electron chi connectivity index (χ4n) is 2.19. The van der Waals surface area contributed by atoms with Crippen LogP contribution in [0.2, 0.25) is 0 Å². The molecule has 114 valence electrons. The molecule has 3 N–H and O–H groups in total. The van der Waals surface area contributed by atoms with Gasteiger partial charge in [-0.2, -0.15) is 5.26 Å². The van der Waals surface area contributed by atoms with Crippen LogP contribution in [0.3, 0.4) is 0 Å². The summed E-state index contributed by atoms with van der Waals surface area (Å²) in [6.07, 6.45) is 3.78. The molecule has 3 rings (SSSR count). The van der Waals surface area contributed by atoms with Crippen molar-refractivity contribution in [2.24, 2.45) is 5.73 Å². The number of hydrogen-bond acceptors (Lipinski definition) is 5. The van der Waals surface area contributed by atoms with E-state index < -0.39 is 5.91 Å². The van der Waals surface area contributed by atoms with Crippen LogP contribution in [0, 0.1) is 11.3 Å². The van der Waals surface area contributed by atoms with E-state index in [0.717, 1.165) is 16.4 Å². The Labute approximate surface area is 136 Å². The highest BCUT2D eigenvalue weighted by Gasteiger charge is 2.11. The lowest BCUT2D eigenvalue weighted by Gasteiger charge is -2.11. The molecule has 0 saturated heterocycles. The third-order valence-electron chi connectivity index (χ3n) is 3.27. The molecule has 3 aromatic rings. The minimum Gasteiger partial charge on any atom is -0.377 e. The summed E-state index contributed by atoms with van der Waals surface area (Å²) in [6.45, 7) is 0.418. The van der Waals surface area contributed by atoms with Crippen molar-refractivity contribution in [2.75, 3.05) is 5.32 Å². The number of benzene rings is 1. The summed E-state index contributed by atoms with van der Waals surface area (Å²) >= 11 is 1.35. The van der Waals surface area contributed by atoms with Gasteiger partial charge in [0.15, 0.2) is 0 Å². The van der Waals surface area contributed by atoms with E-state index >= 15 is 0 Å². The van der Waals surface area contributed by atoms with Crippen LogP contribution in [0.4, 0.5) is 5.69 Å². The van der Waals surface area contributed by atoms with Gasteiger partial charge in [-0.05, 0) is 24.3 Å². The van der Waals surface area contributed by atoms with E-state index in [9.17, 15) is 10.1 Å². The van der Waals surface area contributed by atoms with Crippen LogP contribution >= 0.6 is 11.3 Å². The Hall–Kier alpha value is -3.11. The van der Waals surface area contributed by atoms with Crippen molar-refractivity contribution in [1.82, 2.24) is 9.55 Å². The Bertz CT molecular complexity index is 876. The highest BCUT2D eigenvalue weighted by atomic mass is 32.1. The van der Waals surface area contributed by atoms with Crippen molar-refractivity contribution >= 4 is 22.9 Å². The lowest BCUT2D eigenvalue weighted by atomic mass is 10.1. The molecule has 1 amide bonds. The molecular weight excluding hydrogens is 310 g/mol. The monoisotopic (exact) mass is 323 g/mol. The van der Waals surface area contributed by atoms with Gasteiger partial charge in [-0.3, -0.25) is 4.79 Å². The van der Waals surface area contributed by atoms with Gasteiger partial charge in [0.05, 0.1) is 23.5 Å². The van der Waals surface area contributed by atoms with Crippen LogP contribution < -0.4 is 11.1 Å². The van der Waals surface area contributed by atoms with Crippen LogP contribution in [0.1, 0.15) is 21.1 Å². The second-order valence-electron chi connectivity index (χ2n) is 4.75. The first-order valence-electron chi connectivity index (χ1n) is 6.83. The maximum atomic E-state index is 11.1. The van der Waals surface area contributed by atoms with Crippen LogP contribution in [0.5, 0.6) is 0 Å². The second kappa shape index (κ2) is 6.34. The molecule has 6 nitrogen and oxygen atoms in total. The highest BCUT2D eigenvalue weighted by Crippen LogP contribution is 2.23. The number of nitrogens with two attached hydrogens (primary N) is 1. The van der Waals surface area contributed by atoms with Gasteiger partial charge in [-0.25, -0.2) is 4.98 Å². The number of amides is 1. The number of carbonyl (C=O) groups excluding carboxylic acids is 1. The van der Waals surface area contributed by atoms with Gasteiger partial charge in [0.2, 0.25) is 0 Å². The van der Waals surface area contributed by atoms with Gasteiger partial charge in [0.1, 0.15) is 16.8 Å². The molecule has 0 aliphatic rings. The van der Waals surface area contributed by atoms with Crippen LogP contribution in [-0.4, -0.2) is 15.5 Å². The van der Waals surface area contributed by atoms with Crippen LogP contribution in [0.25, 0.3) is 5.69 Å². The van der Waals surface area contributed by atoms with E-state index in [1.165, 1.54) is 11.3 Å². The third kappa shape index (κ3) is 3.07. The number of nitrogens with zero attached hydrogens (tertiary/aromatic N) is 3. The lowest BCUT2D eigenvalue weighted by Crippen LogP contribution is -2.11. The summed E-state index contributed by atoms with van der Waals surface area (Å²) < 4.78 is 1.89. The molecule has 2 aromatic heterocycles. The smallest absolute Gasteiger partial charge is 0.268 e. The van der Waals surface area contributed by atoms with Crippen molar-refractivity contribution in [1.29, 1.82) is 5.26 Å². The molecule has 7 heteroatoms. The molecule has 0 saturated carbocycles. The van der Waals surface area contributed by atoms with Crippen molar-refractivity contribution < 1.29 is 4.79 Å². The first-order valence-corrected chi connectivity index (χ1v) is 7.71. The lowest BCUT2D eigenvalue weighted by molar-refractivity contribution is 0.0996. The maximum absolute atomic E-state index is 11.1. The summed E-state index contributed by atoms with van der Waals surface area (Å²) in [7, 11) is 0. The fourth-order valence-corrected chi connectivity index (χ4v) is 2.91. The molecule has 2 heterocycles. The number of hydrogen-bond donors (Lipinski definition) is 2. The van der Waals surface area contributed by atoms with Gasteiger partial charge >= 0.3 is 0 Å². The molecule has 0 spiro atoms. The minimum absolute atomic E-state index is 0.258. The molecule has 0 aliphatic carbocycles. The molecule has 0 aliphatic heterocycles. The van der Waals surface area contributed by atoms with E-state index in [2.05, 4.69) is 16.4 Å². The summed E-state index contributed by atoms with van der Waals surface area (Å²) in [5.74, 6) is -0.542. The number of thiazole rings is 1. The van der Waals surface area contributed by atoms with E-state index in [4.69, 9.17) is 5.73 Å². The Morgan fingerprint density at radius 2 is 2.13 bits per heavy atom. The zero-order valence-corrected chi connectivity index (χ0v) is 12.9. The Balaban J connectivity index is 1.84. The van der Waals surface area contributed by atoms with Gasteiger partial charge in [0.25, 0.3) is 5.91 Å². The molecule has 0 atom stereocenters.